The number of amides is 2. The Morgan fingerprint density at radius 3 is 2.62 bits per heavy atom. The highest BCUT2D eigenvalue weighted by atomic mass is 16.3. The SMILES string of the molecule is CC(C)N(CCCO)C(=O)Nc1cccc2ccccc12. The Morgan fingerprint density at radius 1 is 1.19 bits per heavy atom. The number of hydrogen-bond donors (Lipinski definition) is 2. The molecule has 0 saturated heterocycles. The smallest absolute Gasteiger partial charge is 0.322 e. The van der Waals surface area contributed by atoms with Crippen molar-refractivity contribution in [3.05, 3.63) is 42.5 Å². The molecule has 2 aromatic rings. The second kappa shape index (κ2) is 7.09. The first-order valence-electron chi connectivity index (χ1n) is 7.29. The van der Waals surface area contributed by atoms with E-state index in [1.54, 1.807) is 4.90 Å². The normalized spacial score (nSPS) is 10.9. The van der Waals surface area contributed by atoms with Crippen molar-refractivity contribution in [3.8, 4) is 0 Å². The fourth-order valence-electron chi connectivity index (χ4n) is 2.36. The molecule has 0 aromatic heterocycles. The van der Waals surface area contributed by atoms with E-state index in [2.05, 4.69) is 5.32 Å². The van der Waals surface area contributed by atoms with Crippen molar-refractivity contribution in [2.24, 2.45) is 0 Å². The highest BCUT2D eigenvalue weighted by Crippen LogP contribution is 2.23. The van der Waals surface area contributed by atoms with Crippen LogP contribution in [0.5, 0.6) is 0 Å². The van der Waals surface area contributed by atoms with Gasteiger partial charge in [0.1, 0.15) is 0 Å². The van der Waals surface area contributed by atoms with Gasteiger partial charge >= 0.3 is 6.03 Å². The van der Waals surface area contributed by atoms with E-state index in [1.807, 2.05) is 56.3 Å². The number of carbonyl (C=O) groups excluding carboxylic acids is 1. The molecule has 2 aromatic carbocycles. The van der Waals surface area contributed by atoms with E-state index in [-0.39, 0.29) is 18.7 Å². The molecule has 0 radical (unpaired) electrons. The van der Waals surface area contributed by atoms with Crippen molar-refractivity contribution in [2.75, 3.05) is 18.5 Å². The summed E-state index contributed by atoms with van der Waals surface area (Å²) in [6, 6.07) is 13.8. The summed E-state index contributed by atoms with van der Waals surface area (Å²) in [6.45, 7) is 4.58. The van der Waals surface area contributed by atoms with Gasteiger partial charge in [-0.05, 0) is 31.7 Å². The van der Waals surface area contributed by atoms with Crippen LogP contribution < -0.4 is 5.32 Å². The average Bonchev–Trinajstić information content (AvgIpc) is 2.47. The molecule has 2 N–H and O–H groups in total. The lowest BCUT2D eigenvalue weighted by atomic mass is 10.1. The predicted molar refractivity (Wildman–Crippen MR) is 86.5 cm³/mol. The zero-order valence-electron chi connectivity index (χ0n) is 12.5. The summed E-state index contributed by atoms with van der Waals surface area (Å²) in [5.74, 6) is 0. The Hall–Kier alpha value is -2.07. The Balaban J connectivity index is 2.20. The van der Waals surface area contributed by atoms with E-state index in [4.69, 9.17) is 5.11 Å². The highest BCUT2D eigenvalue weighted by molar-refractivity contribution is 6.01. The van der Waals surface area contributed by atoms with Crippen molar-refractivity contribution in [1.82, 2.24) is 4.90 Å². The van der Waals surface area contributed by atoms with E-state index in [1.165, 1.54) is 0 Å². The molecule has 2 amide bonds. The Kier molecular flexibility index (Phi) is 5.17. The minimum absolute atomic E-state index is 0.0881. The van der Waals surface area contributed by atoms with Crippen LogP contribution in [0.3, 0.4) is 0 Å². The zero-order chi connectivity index (χ0) is 15.2. The first-order valence-corrected chi connectivity index (χ1v) is 7.29. The molecule has 0 bridgehead atoms. The third-order valence-electron chi connectivity index (χ3n) is 3.47. The van der Waals surface area contributed by atoms with Crippen molar-refractivity contribution < 1.29 is 9.90 Å². The number of benzene rings is 2. The molecule has 0 aliphatic rings. The Bertz CT molecular complexity index is 605. The van der Waals surface area contributed by atoms with Crippen LogP contribution in [0.1, 0.15) is 20.3 Å². The van der Waals surface area contributed by atoms with Gasteiger partial charge in [-0.1, -0.05) is 36.4 Å². The molecule has 0 saturated carbocycles. The van der Waals surface area contributed by atoms with Crippen molar-refractivity contribution in [2.45, 2.75) is 26.3 Å². The largest absolute Gasteiger partial charge is 0.396 e. The van der Waals surface area contributed by atoms with Gasteiger partial charge < -0.3 is 15.3 Å². The quantitative estimate of drug-likeness (QED) is 0.884. The Morgan fingerprint density at radius 2 is 1.90 bits per heavy atom. The monoisotopic (exact) mass is 286 g/mol. The molecule has 4 nitrogen and oxygen atoms in total. The summed E-state index contributed by atoms with van der Waals surface area (Å²) in [6.07, 6.45) is 0.584. The van der Waals surface area contributed by atoms with Gasteiger partial charge in [-0.25, -0.2) is 4.79 Å². The van der Waals surface area contributed by atoms with Crippen LogP contribution in [0.4, 0.5) is 10.5 Å². The third-order valence-corrected chi connectivity index (χ3v) is 3.47. The van der Waals surface area contributed by atoms with Crippen LogP contribution in [0.25, 0.3) is 10.8 Å². The van der Waals surface area contributed by atoms with Gasteiger partial charge in [0.05, 0.1) is 5.69 Å². The molecular formula is C17H22N2O2. The van der Waals surface area contributed by atoms with Crippen molar-refractivity contribution >= 4 is 22.5 Å². The lowest BCUT2D eigenvalue weighted by Gasteiger charge is -2.27. The highest BCUT2D eigenvalue weighted by Gasteiger charge is 2.17. The standard InChI is InChI=1S/C17H22N2O2/c1-13(2)19(11-6-12-20)17(21)18-16-10-5-8-14-7-3-4-9-15(14)16/h3-5,7-10,13,20H,6,11-12H2,1-2H3,(H,18,21). The van der Waals surface area contributed by atoms with Gasteiger partial charge in [-0.3, -0.25) is 0 Å². The van der Waals surface area contributed by atoms with Gasteiger partial charge in [-0.15, -0.1) is 0 Å². The van der Waals surface area contributed by atoms with Crippen LogP contribution in [0.15, 0.2) is 42.5 Å². The van der Waals surface area contributed by atoms with E-state index >= 15 is 0 Å². The van der Waals surface area contributed by atoms with Crippen LogP contribution >= 0.6 is 0 Å². The van der Waals surface area contributed by atoms with Crippen LogP contribution in [0, 0.1) is 0 Å². The lowest BCUT2D eigenvalue weighted by molar-refractivity contribution is 0.186. The molecule has 0 fully saturated rings. The number of aliphatic hydroxyl groups is 1. The summed E-state index contributed by atoms with van der Waals surface area (Å²) in [4.78, 5) is 14.2. The van der Waals surface area contributed by atoms with E-state index in [0.717, 1.165) is 16.5 Å². The first kappa shape index (κ1) is 15.3. The number of anilines is 1. The van der Waals surface area contributed by atoms with Gasteiger partial charge in [-0.2, -0.15) is 0 Å². The van der Waals surface area contributed by atoms with Crippen molar-refractivity contribution in [1.29, 1.82) is 0 Å². The predicted octanol–water partition coefficient (Wildman–Crippen LogP) is 3.46. The molecule has 0 aliphatic carbocycles. The second-order valence-corrected chi connectivity index (χ2v) is 5.32. The molecule has 0 atom stereocenters. The molecule has 21 heavy (non-hydrogen) atoms. The summed E-state index contributed by atoms with van der Waals surface area (Å²) in [5.41, 5.74) is 0.813. The number of rotatable bonds is 5. The van der Waals surface area contributed by atoms with Crippen molar-refractivity contribution in [3.63, 3.8) is 0 Å². The maximum atomic E-state index is 12.4. The maximum Gasteiger partial charge on any atom is 0.322 e. The lowest BCUT2D eigenvalue weighted by Crippen LogP contribution is -2.41. The molecule has 0 heterocycles. The topological polar surface area (TPSA) is 52.6 Å². The number of nitrogens with one attached hydrogen (secondary N) is 1. The maximum absolute atomic E-state index is 12.4. The molecule has 0 spiro atoms. The molecule has 4 heteroatoms. The number of carbonyl (C=O) groups is 1. The number of urea groups is 1. The van der Waals surface area contributed by atoms with Crippen LogP contribution in [-0.2, 0) is 0 Å². The number of hydrogen-bond acceptors (Lipinski definition) is 2. The van der Waals surface area contributed by atoms with Gasteiger partial charge in [0.25, 0.3) is 0 Å². The van der Waals surface area contributed by atoms with Gasteiger partial charge in [0.15, 0.2) is 0 Å². The molecule has 2 rings (SSSR count). The fourth-order valence-corrected chi connectivity index (χ4v) is 2.36. The summed E-state index contributed by atoms with van der Waals surface area (Å²) in [7, 11) is 0. The van der Waals surface area contributed by atoms with Gasteiger partial charge in [0, 0.05) is 24.6 Å². The minimum atomic E-state index is -0.130. The molecule has 0 aliphatic heterocycles. The molecular weight excluding hydrogens is 264 g/mol. The summed E-state index contributed by atoms with van der Waals surface area (Å²) in [5, 5.41) is 14.1. The average molecular weight is 286 g/mol. The molecule has 112 valence electrons. The van der Waals surface area contributed by atoms with Gasteiger partial charge in [0.2, 0.25) is 0 Å². The van der Waals surface area contributed by atoms with E-state index < -0.39 is 0 Å². The first-order chi connectivity index (χ1) is 10.1. The van der Waals surface area contributed by atoms with Crippen LogP contribution in [0.2, 0.25) is 0 Å². The summed E-state index contributed by atoms with van der Waals surface area (Å²) < 4.78 is 0. The number of aliphatic hydroxyl groups excluding tert-OH is 1. The zero-order valence-corrected chi connectivity index (χ0v) is 12.5. The fraction of sp³-hybridized carbons (Fsp3) is 0.353. The van der Waals surface area contributed by atoms with E-state index in [9.17, 15) is 4.79 Å². The Labute approximate surface area is 125 Å². The second-order valence-electron chi connectivity index (χ2n) is 5.32. The third kappa shape index (κ3) is 3.73. The minimum Gasteiger partial charge on any atom is -0.396 e. The molecule has 0 unspecified atom stereocenters. The van der Waals surface area contributed by atoms with Crippen LogP contribution in [-0.4, -0.2) is 35.2 Å². The number of nitrogens with zero attached hydrogens (tertiary/aromatic N) is 1. The summed E-state index contributed by atoms with van der Waals surface area (Å²) >= 11 is 0. The van der Waals surface area contributed by atoms with E-state index in [0.29, 0.717) is 13.0 Å². The number of fused-ring (bicyclic) bond motifs is 1.